The van der Waals surface area contributed by atoms with E-state index in [4.69, 9.17) is 16.3 Å². The minimum absolute atomic E-state index is 0.0565. The lowest BCUT2D eigenvalue weighted by Gasteiger charge is -2.06. The molecule has 1 aliphatic rings. The number of hydrogen-bond acceptors (Lipinski definition) is 6. The average Bonchev–Trinajstić information content (AvgIpc) is 3.22. The van der Waals surface area contributed by atoms with Crippen LogP contribution in [0.5, 0.6) is 5.75 Å². The maximum atomic E-state index is 11.9. The molecule has 0 saturated heterocycles. The van der Waals surface area contributed by atoms with Crippen LogP contribution >= 0.6 is 22.9 Å². The van der Waals surface area contributed by atoms with Gasteiger partial charge in [-0.1, -0.05) is 22.9 Å². The Balaban J connectivity index is 1.31. The molecule has 1 saturated carbocycles. The second kappa shape index (κ2) is 6.37. The molecule has 3 aromatic rings. The van der Waals surface area contributed by atoms with Gasteiger partial charge in [-0.2, -0.15) is 9.61 Å². The van der Waals surface area contributed by atoms with E-state index in [9.17, 15) is 4.79 Å². The Morgan fingerprint density at radius 3 is 2.88 bits per heavy atom. The van der Waals surface area contributed by atoms with Crippen LogP contribution in [-0.4, -0.2) is 32.3 Å². The lowest BCUT2D eigenvalue weighted by molar-refractivity contribution is -0.123. The van der Waals surface area contributed by atoms with E-state index < -0.39 is 0 Å². The summed E-state index contributed by atoms with van der Waals surface area (Å²) in [7, 11) is 0. The van der Waals surface area contributed by atoms with Gasteiger partial charge in [-0.3, -0.25) is 4.79 Å². The van der Waals surface area contributed by atoms with E-state index in [1.807, 2.05) is 0 Å². The summed E-state index contributed by atoms with van der Waals surface area (Å²) in [5.41, 5.74) is 0. The second-order valence-corrected chi connectivity index (χ2v) is 7.02. The van der Waals surface area contributed by atoms with Gasteiger partial charge in [0.1, 0.15) is 10.8 Å². The number of fused-ring (bicyclic) bond motifs is 1. The molecular weight excluding hydrogens is 350 g/mol. The van der Waals surface area contributed by atoms with Crippen molar-refractivity contribution in [1.82, 2.24) is 25.1 Å². The van der Waals surface area contributed by atoms with E-state index in [0.29, 0.717) is 23.2 Å². The molecular formula is C15H14ClN5O2S. The van der Waals surface area contributed by atoms with Gasteiger partial charge in [0, 0.05) is 10.9 Å². The number of rotatable bonds is 6. The Bertz CT molecular complexity index is 872. The molecule has 1 aromatic carbocycles. The highest BCUT2D eigenvalue weighted by atomic mass is 35.5. The summed E-state index contributed by atoms with van der Waals surface area (Å²) in [6.45, 7) is 0.292. The highest BCUT2D eigenvalue weighted by molar-refractivity contribution is 7.16. The number of aromatic nitrogens is 4. The number of halogens is 1. The highest BCUT2D eigenvalue weighted by Crippen LogP contribution is 2.39. The Morgan fingerprint density at radius 2 is 2.12 bits per heavy atom. The van der Waals surface area contributed by atoms with Crippen molar-refractivity contribution >= 4 is 33.8 Å². The molecule has 1 fully saturated rings. The Morgan fingerprint density at radius 1 is 1.33 bits per heavy atom. The molecule has 0 spiro atoms. The van der Waals surface area contributed by atoms with Crippen molar-refractivity contribution in [1.29, 1.82) is 0 Å². The first-order valence-electron chi connectivity index (χ1n) is 7.55. The summed E-state index contributed by atoms with van der Waals surface area (Å²) in [5.74, 6) is 1.79. The summed E-state index contributed by atoms with van der Waals surface area (Å²) in [4.78, 5) is 12.6. The fraction of sp³-hybridized carbons (Fsp3) is 0.333. The molecule has 7 nitrogen and oxygen atoms in total. The van der Waals surface area contributed by atoms with Gasteiger partial charge in [-0.05, 0) is 37.1 Å². The third kappa shape index (κ3) is 3.34. The fourth-order valence-corrected chi connectivity index (χ4v) is 3.15. The molecule has 2 aromatic heterocycles. The van der Waals surface area contributed by atoms with E-state index in [0.717, 1.165) is 28.6 Å². The van der Waals surface area contributed by atoms with Crippen molar-refractivity contribution in [3.8, 4) is 5.75 Å². The predicted octanol–water partition coefficient (Wildman–Crippen LogP) is 2.41. The quantitative estimate of drug-likeness (QED) is 0.727. The van der Waals surface area contributed by atoms with Gasteiger partial charge >= 0.3 is 0 Å². The van der Waals surface area contributed by atoms with E-state index in [2.05, 4.69) is 20.6 Å². The number of carbonyl (C=O) groups is 1. The van der Waals surface area contributed by atoms with Crippen LogP contribution < -0.4 is 10.1 Å². The fourth-order valence-electron chi connectivity index (χ4n) is 2.24. The zero-order valence-corrected chi connectivity index (χ0v) is 14.2. The van der Waals surface area contributed by atoms with E-state index in [1.54, 1.807) is 28.8 Å². The number of amides is 1. The topological polar surface area (TPSA) is 81.4 Å². The van der Waals surface area contributed by atoms with Crippen LogP contribution in [0.25, 0.3) is 4.96 Å². The summed E-state index contributed by atoms with van der Waals surface area (Å²) in [5, 5.41) is 17.0. The Labute approximate surface area is 146 Å². The smallest absolute Gasteiger partial charge is 0.258 e. The first-order valence-corrected chi connectivity index (χ1v) is 8.74. The Hall–Kier alpha value is -2.19. The SMILES string of the molecule is O=C(COc1ccc(Cl)cc1)NCc1nn2c(C3CC3)nnc2s1. The summed E-state index contributed by atoms with van der Waals surface area (Å²) < 4.78 is 7.18. The Kier molecular flexibility index (Phi) is 4.07. The molecule has 0 radical (unpaired) electrons. The van der Waals surface area contributed by atoms with Gasteiger partial charge in [0.05, 0.1) is 6.54 Å². The number of ether oxygens (including phenoxy) is 1. The lowest BCUT2D eigenvalue weighted by atomic mass is 10.3. The number of carbonyl (C=O) groups excluding carboxylic acids is 1. The third-order valence-electron chi connectivity index (χ3n) is 3.62. The van der Waals surface area contributed by atoms with Crippen LogP contribution in [0, 0.1) is 0 Å². The molecule has 1 N–H and O–H groups in total. The van der Waals surface area contributed by atoms with E-state index in [-0.39, 0.29) is 12.5 Å². The molecule has 2 heterocycles. The summed E-state index contributed by atoms with van der Waals surface area (Å²) in [6, 6.07) is 6.87. The monoisotopic (exact) mass is 363 g/mol. The number of nitrogens with one attached hydrogen (secondary N) is 1. The van der Waals surface area contributed by atoms with Gasteiger partial charge < -0.3 is 10.1 Å². The van der Waals surface area contributed by atoms with Gasteiger partial charge in [-0.15, -0.1) is 10.2 Å². The molecule has 0 atom stereocenters. The van der Waals surface area contributed by atoms with Crippen LogP contribution in [0.15, 0.2) is 24.3 Å². The molecule has 24 heavy (non-hydrogen) atoms. The first kappa shape index (κ1) is 15.3. The maximum absolute atomic E-state index is 11.9. The van der Waals surface area contributed by atoms with Crippen molar-refractivity contribution in [3.05, 3.63) is 40.1 Å². The minimum Gasteiger partial charge on any atom is -0.484 e. The van der Waals surface area contributed by atoms with Gasteiger partial charge in [0.2, 0.25) is 4.96 Å². The predicted molar refractivity (Wildman–Crippen MR) is 89.4 cm³/mol. The summed E-state index contributed by atoms with van der Waals surface area (Å²) in [6.07, 6.45) is 2.29. The zero-order chi connectivity index (χ0) is 16.5. The molecule has 124 valence electrons. The zero-order valence-electron chi connectivity index (χ0n) is 12.6. The lowest BCUT2D eigenvalue weighted by Crippen LogP contribution is -2.28. The molecule has 0 bridgehead atoms. The van der Waals surface area contributed by atoms with E-state index >= 15 is 0 Å². The molecule has 0 aliphatic heterocycles. The van der Waals surface area contributed by atoms with Crippen molar-refractivity contribution in [2.45, 2.75) is 25.3 Å². The number of nitrogens with zero attached hydrogens (tertiary/aromatic N) is 4. The van der Waals surface area contributed by atoms with Crippen molar-refractivity contribution < 1.29 is 9.53 Å². The van der Waals surface area contributed by atoms with E-state index in [1.165, 1.54) is 11.3 Å². The van der Waals surface area contributed by atoms with Gasteiger partial charge in [0.15, 0.2) is 12.4 Å². The third-order valence-corrected chi connectivity index (χ3v) is 4.77. The number of hydrogen-bond donors (Lipinski definition) is 1. The van der Waals surface area contributed by atoms with Crippen LogP contribution in [0.2, 0.25) is 5.02 Å². The van der Waals surface area contributed by atoms with Crippen molar-refractivity contribution in [3.63, 3.8) is 0 Å². The number of benzene rings is 1. The van der Waals surface area contributed by atoms with Crippen molar-refractivity contribution in [2.24, 2.45) is 0 Å². The normalized spacial score (nSPS) is 14.0. The van der Waals surface area contributed by atoms with Crippen LogP contribution in [0.4, 0.5) is 0 Å². The highest BCUT2D eigenvalue weighted by Gasteiger charge is 2.30. The molecule has 0 unspecified atom stereocenters. The first-order chi connectivity index (χ1) is 11.7. The van der Waals surface area contributed by atoms with Crippen LogP contribution in [0.3, 0.4) is 0 Å². The van der Waals surface area contributed by atoms with Crippen LogP contribution in [0.1, 0.15) is 29.6 Å². The van der Waals surface area contributed by atoms with Crippen molar-refractivity contribution in [2.75, 3.05) is 6.61 Å². The van der Waals surface area contributed by atoms with Gasteiger partial charge in [-0.25, -0.2) is 0 Å². The molecule has 9 heteroatoms. The standard InChI is InChI=1S/C15H14ClN5O2S/c16-10-3-5-11(6-4-10)23-8-12(22)17-7-13-20-21-14(9-1-2-9)18-19-15(21)24-13/h3-6,9H,1-2,7-8H2,(H,17,22). The van der Waals surface area contributed by atoms with Gasteiger partial charge in [0.25, 0.3) is 5.91 Å². The molecule has 1 aliphatic carbocycles. The second-order valence-electron chi connectivity index (χ2n) is 5.54. The molecule has 1 amide bonds. The largest absolute Gasteiger partial charge is 0.484 e. The average molecular weight is 364 g/mol. The minimum atomic E-state index is -0.210. The molecule has 4 rings (SSSR count). The maximum Gasteiger partial charge on any atom is 0.258 e. The summed E-state index contributed by atoms with van der Waals surface area (Å²) >= 11 is 7.23. The van der Waals surface area contributed by atoms with Crippen LogP contribution in [-0.2, 0) is 11.3 Å².